The Hall–Kier alpha value is -3.70. The summed E-state index contributed by atoms with van der Waals surface area (Å²) in [5, 5.41) is 5.01. The van der Waals surface area contributed by atoms with Crippen molar-refractivity contribution in [2.75, 3.05) is 30.1 Å². The van der Waals surface area contributed by atoms with E-state index in [1.807, 2.05) is 0 Å². The van der Waals surface area contributed by atoms with Gasteiger partial charge in [-0.05, 0) is 47.9 Å². The number of halogens is 3. The molecule has 3 aromatic rings. The first-order valence-electron chi connectivity index (χ1n) is 11.4. The molecule has 0 saturated carbocycles. The van der Waals surface area contributed by atoms with Crippen molar-refractivity contribution in [3.63, 3.8) is 0 Å². The quantitative estimate of drug-likeness (QED) is 0.431. The zero-order valence-electron chi connectivity index (χ0n) is 20.4. The van der Waals surface area contributed by atoms with Gasteiger partial charge in [-0.25, -0.2) is 22.0 Å². The number of ether oxygens (including phenoxy) is 1. The molecule has 12 heteroatoms. The molecule has 3 aromatic carbocycles. The number of benzene rings is 3. The van der Waals surface area contributed by atoms with Crippen molar-refractivity contribution in [2.45, 2.75) is 18.2 Å². The minimum Gasteiger partial charge on any atom is -0.492 e. The van der Waals surface area contributed by atoms with Crippen LogP contribution in [0.5, 0.6) is 5.75 Å². The third-order valence-electron chi connectivity index (χ3n) is 5.99. The van der Waals surface area contributed by atoms with Crippen LogP contribution in [0.4, 0.5) is 25.0 Å². The zero-order valence-corrected chi connectivity index (χ0v) is 22.0. The van der Waals surface area contributed by atoms with E-state index in [2.05, 4.69) is 10.6 Å². The van der Waals surface area contributed by atoms with Gasteiger partial charge < -0.3 is 20.3 Å². The van der Waals surface area contributed by atoms with Crippen LogP contribution >= 0.6 is 11.6 Å². The second-order valence-corrected chi connectivity index (χ2v) is 11.3. The highest BCUT2D eigenvalue weighted by molar-refractivity contribution is 7.89. The molecule has 200 valence electrons. The van der Waals surface area contributed by atoms with Gasteiger partial charge >= 0.3 is 6.03 Å². The van der Waals surface area contributed by atoms with Crippen LogP contribution < -0.4 is 20.3 Å². The fourth-order valence-electron chi connectivity index (χ4n) is 4.31. The van der Waals surface area contributed by atoms with Gasteiger partial charge in [-0.1, -0.05) is 35.9 Å². The average Bonchev–Trinajstić information content (AvgIpc) is 3.20. The van der Waals surface area contributed by atoms with E-state index in [9.17, 15) is 22.4 Å². The normalized spacial score (nSPS) is 15.4. The lowest BCUT2D eigenvalue weighted by Crippen LogP contribution is -2.43. The molecular formula is C26H24ClF2N3O5S. The molecule has 1 atom stereocenters. The first-order valence-corrected chi connectivity index (χ1v) is 13.9. The topological polar surface area (TPSA) is 105 Å². The van der Waals surface area contributed by atoms with E-state index in [1.54, 1.807) is 24.3 Å². The number of carbonyl (C=O) groups excluding carboxylic acids is 2. The van der Waals surface area contributed by atoms with Gasteiger partial charge in [-0.3, -0.25) is 4.79 Å². The molecule has 0 spiro atoms. The van der Waals surface area contributed by atoms with Crippen LogP contribution in [0.2, 0.25) is 5.02 Å². The first kappa shape index (κ1) is 27.3. The molecule has 0 unspecified atom stereocenters. The number of nitrogens with one attached hydrogen (secondary N) is 2. The Labute approximate surface area is 223 Å². The lowest BCUT2D eigenvalue weighted by atomic mass is 9.99. The summed E-state index contributed by atoms with van der Waals surface area (Å²) in [5.41, 5.74) is 0.986. The summed E-state index contributed by atoms with van der Waals surface area (Å²) >= 11 is 5.72. The number of hydrogen-bond acceptors (Lipinski definition) is 5. The zero-order chi connectivity index (χ0) is 27.6. The second-order valence-electron chi connectivity index (χ2n) is 8.76. The van der Waals surface area contributed by atoms with E-state index < -0.39 is 39.5 Å². The fraction of sp³-hybridized carbons (Fsp3) is 0.231. The first-order chi connectivity index (χ1) is 18.0. The summed E-state index contributed by atoms with van der Waals surface area (Å²) in [5.74, 6) is -2.46. The summed E-state index contributed by atoms with van der Waals surface area (Å²) in [6, 6.07) is 11.5. The Morgan fingerprint density at radius 1 is 1.13 bits per heavy atom. The minimum absolute atomic E-state index is 0.107. The number of anilines is 2. The second kappa shape index (κ2) is 11.0. The number of urea groups is 1. The lowest BCUT2D eigenvalue weighted by molar-refractivity contribution is -0.118. The van der Waals surface area contributed by atoms with Crippen molar-refractivity contribution in [1.82, 2.24) is 5.32 Å². The van der Waals surface area contributed by atoms with E-state index in [0.29, 0.717) is 11.1 Å². The maximum absolute atomic E-state index is 15.7. The maximum atomic E-state index is 15.7. The van der Waals surface area contributed by atoms with Crippen LogP contribution in [0.3, 0.4) is 0 Å². The Morgan fingerprint density at radius 2 is 1.87 bits per heavy atom. The van der Waals surface area contributed by atoms with Crippen molar-refractivity contribution in [2.24, 2.45) is 0 Å². The van der Waals surface area contributed by atoms with Gasteiger partial charge in [0, 0.05) is 23.4 Å². The Bertz CT molecular complexity index is 1520. The molecule has 1 saturated heterocycles. The molecule has 4 rings (SSSR count). The molecule has 0 aromatic heterocycles. The molecule has 0 radical (unpaired) electrons. The predicted molar refractivity (Wildman–Crippen MR) is 141 cm³/mol. The van der Waals surface area contributed by atoms with Crippen molar-refractivity contribution < 1.29 is 31.5 Å². The van der Waals surface area contributed by atoms with Crippen LogP contribution in [0.15, 0.2) is 54.6 Å². The van der Waals surface area contributed by atoms with E-state index in [4.69, 9.17) is 16.3 Å². The van der Waals surface area contributed by atoms with E-state index in [1.165, 1.54) is 36.3 Å². The van der Waals surface area contributed by atoms with Crippen LogP contribution in [-0.2, 0) is 20.4 Å². The van der Waals surface area contributed by atoms with Crippen molar-refractivity contribution in [3.05, 3.63) is 76.8 Å². The highest BCUT2D eigenvalue weighted by Gasteiger charge is 2.36. The smallest absolute Gasteiger partial charge is 0.319 e. The van der Waals surface area contributed by atoms with Gasteiger partial charge in [0.2, 0.25) is 5.91 Å². The van der Waals surface area contributed by atoms with Crippen molar-refractivity contribution in [3.8, 4) is 16.9 Å². The summed E-state index contributed by atoms with van der Waals surface area (Å²) in [6.45, 7) is 0.166. The van der Waals surface area contributed by atoms with E-state index in [-0.39, 0.29) is 46.4 Å². The van der Waals surface area contributed by atoms with Gasteiger partial charge in [0.05, 0.1) is 24.2 Å². The van der Waals surface area contributed by atoms with Crippen molar-refractivity contribution >= 4 is 44.8 Å². The van der Waals surface area contributed by atoms with Gasteiger partial charge in [-0.15, -0.1) is 0 Å². The summed E-state index contributed by atoms with van der Waals surface area (Å²) in [7, 11) is -2.12. The molecule has 1 aliphatic rings. The molecule has 8 nitrogen and oxygen atoms in total. The Morgan fingerprint density at radius 3 is 2.55 bits per heavy atom. The van der Waals surface area contributed by atoms with Crippen LogP contribution in [0.25, 0.3) is 11.1 Å². The van der Waals surface area contributed by atoms with Gasteiger partial charge in [0.25, 0.3) is 0 Å². The minimum atomic E-state index is -3.38. The lowest BCUT2D eigenvalue weighted by Gasteiger charge is -2.22. The Balaban J connectivity index is 1.56. The largest absolute Gasteiger partial charge is 0.492 e. The number of sulfone groups is 1. The number of amides is 3. The molecule has 1 fully saturated rings. The standard InChI is InChI=1S/C26H24ClF2N3O5S/c1-37-24-22(10-8-18(23(24)29)17-6-4-3-5-15(17)14-38(2,35)36)32-12-11-21(25(32)33)31-26(34)30-20-9-7-16(27)13-19(20)28/h3-10,13,21H,11-12,14H2,1-2H3,(H2,30,31,34)/t21-/m1/s1. The molecule has 1 heterocycles. The van der Waals surface area contributed by atoms with Gasteiger partial charge in [-0.2, -0.15) is 0 Å². The molecule has 3 amide bonds. The highest BCUT2D eigenvalue weighted by Crippen LogP contribution is 2.40. The average molecular weight is 564 g/mol. The summed E-state index contributed by atoms with van der Waals surface area (Å²) in [6.07, 6.45) is 1.32. The van der Waals surface area contributed by atoms with Crippen LogP contribution in [0.1, 0.15) is 12.0 Å². The Kier molecular flexibility index (Phi) is 7.89. The fourth-order valence-corrected chi connectivity index (χ4v) is 5.29. The number of methoxy groups -OCH3 is 1. The molecule has 0 bridgehead atoms. The van der Waals surface area contributed by atoms with E-state index >= 15 is 4.39 Å². The van der Waals surface area contributed by atoms with Crippen LogP contribution in [-0.4, -0.2) is 46.3 Å². The summed E-state index contributed by atoms with van der Waals surface area (Å²) in [4.78, 5) is 26.8. The predicted octanol–water partition coefficient (Wildman–Crippen LogP) is 4.77. The SMILES string of the molecule is COc1c(N2CC[C@@H](NC(=O)Nc3ccc(Cl)cc3F)C2=O)ccc(-c2ccccc2CS(C)(=O)=O)c1F. The third kappa shape index (κ3) is 5.89. The molecule has 38 heavy (non-hydrogen) atoms. The molecule has 2 N–H and O–H groups in total. The molecule has 1 aliphatic heterocycles. The maximum Gasteiger partial charge on any atom is 0.319 e. The number of rotatable bonds is 7. The third-order valence-corrected chi connectivity index (χ3v) is 7.06. The number of nitrogens with zero attached hydrogens (tertiary/aromatic N) is 1. The van der Waals surface area contributed by atoms with E-state index in [0.717, 1.165) is 12.3 Å². The number of carbonyl (C=O) groups is 2. The van der Waals surface area contributed by atoms with Crippen molar-refractivity contribution in [1.29, 1.82) is 0 Å². The van der Waals surface area contributed by atoms with Gasteiger partial charge in [0.1, 0.15) is 11.9 Å². The monoisotopic (exact) mass is 563 g/mol. The number of hydrogen-bond donors (Lipinski definition) is 2. The van der Waals surface area contributed by atoms with Gasteiger partial charge in [0.15, 0.2) is 21.4 Å². The summed E-state index contributed by atoms with van der Waals surface area (Å²) < 4.78 is 58.7. The molecule has 0 aliphatic carbocycles. The van der Waals surface area contributed by atoms with Crippen LogP contribution in [0, 0.1) is 11.6 Å². The molecular weight excluding hydrogens is 540 g/mol. The highest BCUT2D eigenvalue weighted by atomic mass is 35.5.